The largest absolute Gasteiger partial charge is 0.365 e. The molecule has 2 aromatic carbocycles. The van der Waals surface area contributed by atoms with Crippen molar-refractivity contribution in [2.75, 3.05) is 6.61 Å². The van der Waals surface area contributed by atoms with Crippen LogP contribution in [0, 0.1) is 0 Å². The molecule has 0 aliphatic carbocycles. The summed E-state index contributed by atoms with van der Waals surface area (Å²) in [6.45, 7) is 6.93. The van der Waals surface area contributed by atoms with Crippen LogP contribution in [0.1, 0.15) is 37.9 Å². The summed E-state index contributed by atoms with van der Waals surface area (Å²) in [5.74, 6) is -0.585. The molecule has 0 spiro atoms. The molecule has 1 aliphatic heterocycles. The highest BCUT2D eigenvalue weighted by Crippen LogP contribution is 2.26. The minimum Gasteiger partial charge on any atom is -0.365 e. The summed E-state index contributed by atoms with van der Waals surface area (Å²) in [6.07, 6.45) is 1.44. The molecule has 0 N–H and O–H groups in total. The van der Waals surface area contributed by atoms with E-state index in [1.165, 1.54) is 5.56 Å². The first-order chi connectivity index (χ1) is 12.5. The predicted molar refractivity (Wildman–Crippen MR) is 103 cm³/mol. The first-order valence-electron chi connectivity index (χ1n) is 9.09. The Morgan fingerprint density at radius 2 is 1.77 bits per heavy atom. The maximum absolute atomic E-state index is 6.14. The molecule has 0 saturated carbocycles. The molecule has 4 nitrogen and oxygen atoms in total. The van der Waals surface area contributed by atoms with Crippen molar-refractivity contribution >= 4 is 6.21 Å². The first-order valence-corrected chi connectivity index (χ1v) is 9.09. The third kappa shape index (κ3) is 5.24. The molecular weight excluding hydrogens is 326 g/mol. The van der Waals surface area contributed by atoms with Crippen molar-refractivity contribution in [3.8, 4) is 0 Å². The van der Waals surface area contributed by atoms with E-state index in [4.69, 9.17) is 19.2 Å². The Balaban J connectivity index is 1.69. The van der Waals surface area contributed by atoms with E-state index in [9.17, 15) is 0 Å². The van der Waals surface area contributed by atoms with Gasteiger partial charge in [0.2, 0.25) is 0 Å². The molecular formula is C22H27NO3. The zero-order chi connectivity index (χ0) is 18.4. The van der Waals surface area contributed by atoms with Gasteiger partial charge >= 0.3 is 0 Å². The van der Waals surface area contributed by atoms with E-state index in [0.29, 0.717) is 13.2 Å². The van der Waals surface area contributed by atoms with E-state index in [-0.39, 0.29) is 18.2 Å². The van der Waals surface area contributed by atoms with Crippen molar-refractivity contribution in [3.63, 3.8) is 0 Å². The summed E-state index contributed by atoms with van der Waals surface area (Å²) in [5.41, 5.74) is 2.30. The van der Waals surface area contributed by atoms with Crippen LogP contribution in [0.5, 0.6) is 0 Å². The molecule has 3 rings (SSSR count). The lowest BCUT2D eigenvalue weighted by Gasteiger charge is -2.22. The monoisotopic (exact) mass is 353 g/mol. The number of hydrogen-bond acceptors (Lipinski definition) is 4. The second-order valence-corrected chi connectivity index (χ2v) is 7.01. The third-order valence-electron chi connectivity index (χ3n) is 4.42. The Morgan fingerprint density at radius 1 is 1.12 bits per heavy atom. The van der Waals surface area contributed by atoms with Crippen LogP contribution < -0.4 is 0 Å². The van der Waals surface area contributed by atoms with Crippen molar-refractivity contribution in [1.29, 1.82) is 0 Å². The Kier molecular flexibility index (Phi) is 6.20. The minimum atomic E-state index is -0.585. The van der Waals surface area contributed by atoms with Crippen LogP contribution in [0.2, 0.25) is 0 Å². The van der Waals surface area contributed by atoms with Crippen molar-refractivity contribution in [1.82, 2.24) is 0 Å². The Labute approximate surface area is 155 Å². The average molecular weight is 353 g/mol. The standard InChI is InChI=1S/C22H27NO3/c1-17(19-12-8-5-9-13-19)23-14-20(21-16-25-22(2,3)26-21)24-15-18-10-6-4-7-11-18/h4-14,17,20-21H,15-16H2,1-3H3/t17-,20+,21+/m1/s1. The Hall–Kier alpha value is -2.01. The fraction of sp³-hybridized carbons (Fsp3) is 0.409. The van der Waals surface area contributed by atoms with E-state index in [1.54, 1.807) is 0 Å². The first kappa shape index (κ1) is 18.8. The van der Waals surface area contributed by atoms with Gasteiger partial charge in [0.1, 0.15) is 12.2 Å². The van der Waals surface area contributed by atoms with Crippen LogP contribution in [0.15, 0.2) is 65.7 Å². The quantitative estimate of drug-likeness (QED) is 0.685. The van der Waals surface area contributed by atoms with Crippen LogP contribution in [-0.4, -0.2) is 30.8 Å². The molecule has 0 aromatic heterocycles. The SMILES string of the molecule is C[C@@H](N=C[C@H](OCc1ccccc1)[C@@H]1COC(C)(C)O1)c1ccccc1. The van der Waals surface area contributed by atoms with Crippen LogP contribution in [-0.2, 0) is 20.8 Å². The van der Waals surface area contributed by atoms with Gasteiger partial charge < -0.3 is 14.2 Å². The molecule has 26 heavy (non-hydrogen) atoms. The summed E-state index contributed by atoms with van der Waals surface area (Å²) in [4.78, 5) is 4.71. The van der Waals surface area contributed by atoms with E-state index in [1.807, 2.05) is 56.5 Å². The second kappa shape index (κ2) is 8.58. The van der Waals surface area contributed by atoms with Gasteiger partial charge in [-0.3, -0.25) is 4.99 Å². The van der Waals surface area contributed by atoms with Gasteiger partial charge in [-0.2, -0.15) is 0 Å². The van der Waals surface area contributed by atoms with Gasteiger partial charge in [-0.25, -0.2) is 0 Å². The van der Waals surface area contributed by atoms with E-state index >= 15 is 0 Å². The van der Waals surface area contributed by atoms with Crippen LogP contribution in [0.25, 0.3) is 0 Å². The fourth-order valence-electron chi connectivity index (χ4n) is 2.92. The average Bonchev–Trinajstić information content (AvgIpc) is 3.02. The molecule has 0 bridgehead atoms. The fourth-order valence-corrected chi connectivity index (χ4v) is 2.92. The molecule has 1 fully saturated rings. The predicted octanol–water partition coefficient (Wildman–Crippen LogP) is 4.56. The highest BCUT2D eigenvalue weighted by atomic mass is 16.7. The Bertz CT molecular complexity index is 700. The van der Waals surface area contributed by atoms with Crippen LogP contribution in [0.3, 0.4) is 0 Å². The summed E-state index contributed by atoms with van der Waals surface area (Å²) in [6, 6.07) is 20.4. The maximum Gasteiger partial charge on any atom is 0.163 e. The lowest BCUT2D eigenvalue weighted by Crippen LogP contribution is -2.34. The summed E-state index contributed by atoms with van der Waals surface area (Å²) in [7, 11) is 0. The zero-order valence-corrected chi connectivity index (χ0v) is 15.7. The second-order valence-electron chi connectivity index (χ2n) is 7.01. The summed E-state index contributed by atoms with van der Waals surface area (Å²) >= 11 is 0. The number of hydrogen-bond donors (Lipinski definition) is 0. The maximum atomic E-state index is 6.14. The lowest BCUT2D eigenvalue weighted by molar-refractivity contribution is -0.150. The summed E-state index contributed by atoms with van der Waals surface area (Å²) < 4.78 is 17.8. The van der Waals surface area contributed by atoms with Crippen LogP contribution in [0.4, 0.5) is 0 Å². The molecule has 1 heterocycles. The highest BCUT2D eigenvalue weighted by Gasteiger charge is 2.37. The normalized spacial score (nSPS) is 21.7. The summed E-state index contributed by atoms with van der Waals surface area (Å²) in [5, 5.41) is 0. The Morgan fingerprint density at radius 3 is 2.38 bits per heavy atom. The molecule has 1 aliphatic rings. The van der Waals surface area contributed by atoms with Gasteiger partial charge in [0, 0.05) is 6.21 Å². The van der Waals surface area contributed by atoms with Crippen molar-refractivity contribution in [3.05, 3.63) is 71.8 Å². The molecule has 0 radical (unpaired) electrons. The van der Waals surface area contributed by atoms with Gasteiger partial charge in [-0.1, -0.05) is 60.7 Å². The van der Waals surface area contributed by atoms with Gasteiger partial charge in [-0.05, 0) is 31.9 Å². The molecule has 1 saturated heterocycles. The molecule has 4 heteroatoms. The number of aliphatic imine (C=N–C) groups is 1. The molecule has 0 amide bonds. The zero-order valence-electron chi connectivity index (χ0n) is 15.7. The topological polar surface area (TPSA) is 40.0 Å². The van der Waals surface area contributed by atoms with Crippen LogP contribution >= 0.6 is 0 Å². The molecule has 3 atom stereocenters. The number of rotatable bonds is 7. The number of benzene rings is 2. The third-order valence-corrected chi connectivity index (χ3v) is 4.42. The van der Waals surface area contributed by atoms with Gasteiger partial charge in [-0.15, -0.1) is 0 Å². The number of nitrogens with zero attached hydrogens (tertiary/aromatic N) is 1. The molecule has 138 valence electrons. The molecule has 0 unspecified atom stereocenters. The van der Waals surface area contributed by atoms with Gasteiger partial charge in [0.05, 0.1) is 19.3 Å². The van der Waals surface area contributed by atoms with E-state index in [0.717, 1.165) is 5.56 Å². The smallest absolute Gasteiger partial charge is 0.163 e. The van der Waals surface area contributed by atoms with Crippen molar-refractivity contribution in [2.45, 2.75) is 51.4 Å². The van der Waals surface area contributed by atoms with Gasteiger partial charge in [0.25, 0.3) is 0 Å². The lowest BCUT2D eigenvalue weighted by atomic mass is 10.1. The highest BCUT2D eigenvalue weighted by molar-refractivity contribution is 5.64. The molecule has 2 aromatic rings. The van der Waals surface area contributed by atoms with Crippen molar-refractivity contribution in [2.24, 2.45) is 4.99 Å². The van der Waals surface area contributed by atoms with Gasteiger partial charge in [0.15, 0.2) is 5.79 Å². The van der Waals surface area contributed by atoms with Crippen molar-refractivity contribution < 1.29 is 14.2 Å². The number of ether oxygens (including phenoxy) is 3. The van der Waals surface area contributed by atoms with E-state index in [2.05, 4.69) is 31.2 Å². The van der Waals surface area contributed by atoms with E-state index < -0.39 is 5.79 Å². The minimum absolute atomic E-state index is 0.0642.